The van der Waals surface area contributed by atoms with Crippen LogP contribution in [0.15, 0.2) is 30.6 Å². The summed E-state index contributed by atoms with van der Waals surface area (Å²) < 4.78 is 6.81. The third-order valence-electron chi connectivity index (χ3n) is 6.27. The van der Waals surface area contributed by atoms with E-state index in [1.165, 1.54) is 0 Å². The lowest BCUT2D eigenvalue weighted by Crippen LogP contribution is -2.56. The van der Waals surface area contributed by atoms with E-state index in [1.807, 2.05) is 38.2 Å². The van der Waals surface area contributed by atoms with Gasteiger partial charge in [-0.05, 0) is 42.7 Å². The summed E-state index contributed by atoms with van der Waals surface area (Å²) in [6.45, 7) is 6.22. The molecule has 0 amide bonds. The van der Waals surface area contributed by atoms with E-state index in [4.69, 9.17) is 15.7 Å². The zero-order valence-corrected chi connectivity index (χ0v) is 18.4. The largest absolute Gasteiger partial charge is 0.457 e. The van der Waals surface area contributed by atoms with E-state index in [-0.39, 0.29) is 18.2 Å². The Labute approximate surface area is 191 Å². The van der Waals surface area contributed by atoms with Gasteiger partial charge in [0.2, 0.25) is 0 Å². The number of benzene rings is 1. The molecule has 10 nitrogen and oxygen atoms in total. The van der Waals surface area contributed by atoms with Crippen LogP contribution >= 0.6 is 0 Å². The summed E-state index contributed by atoms with van der Waals surface area (Å²) in [6.07, 6.45) is 3.19. The molecule has 5 rings (SSSR count). The van der Waals surface area contributed by atoms with Crippen molar-refractivity contribution in [2.75, 3.05) is 13.1 Å². The molecular formula is C23H24N8O2. The Kier molecular flexibility index (Phi) is 5.38. The summed E-state index contributed by atoms with van der Waals surface area (Å²) in [5.74, 6) is 0.357. The van der Waals surface area contributed by atoms with Crippen LogP contribution in [0.1, 0.15) is 49.9 Å². The van der Waals surface area contributed by atoms with Gasteiger partial charge in [0.15, 0.2) is 5.82 Å². The summed E-state index contributed by atoms with van der Waals surface area (Å²) >= 11 is 0. The van der Waals surface area contributed by atoms with Gasteiger partial charge < -0.3 is 10.5 Å². The van der Waals surface area contributed by atoms with Gasteiger partial charge in [-0.2, -0.15) is 5.26 Å². The summed E-state index contributed by atoms with van der Waals surface area (Å²) in [6, 6.07) is 7.79. The smallest absolute Gasteiger partial charge is 0.338 e. The Bertz CT molecular complexity index is 1280. The van der Waals surface area contributed by atoms with E-state index in [1.54, 1.807) is 10.9 Å². The van der Waals surface area contributed by atoms with Gasteiger partial charge in [0.05, 0.1) is 29.2 Å². The van der Waals surface area contributed by atoms with E-state index in [0.29, 0.717) is 36.6 Å². The molecule has 3 aromatic rings. The third-order valence-corrected chi connectivity index (χ3v) is 6.27. The van der Waals surface area contributed by atoms with Crippen LogP contribution in [0.3, 0.4) is 0 Å². The number of nitrogens with one attached hydrogen (secondary N) is 1. The number of fused-ring (bicyclic) bond motifs is 1. The minimum Gasteiger partial charge on any atom is -0.457 e. The molecule has 3 N–H and O–H groups in total. The number of aryl methyl sites for hydroxylation is 1. The molecule has 2 aliphatic heterocycles. The maximum Gasteiger partial charge on any atom is 0.338 e. The van der Waals surface area contributed by atoms with Gasteiger partial charge in [0.25, 0.3) is 0 Å². The van der Waals surface area contributed by atoms with Gasteiger partial charge in [-0.3, -0.25) is 10.2 Å². The van der Waals surface area contributed by atoms with Crippen LogP contribution in [0.4, 0.5) is 0 Å². The third kappa shape index (κ3) is 3.98. The van der Waals surface area contributed by atoms with Gasteiger partial charge in [0.1, 0.15) is 12.7 Å². The first kappa shape index (κ1) is 21.2. The maximum atomic E-state index is 11.9. The highest BCUT2D eigenvalue weighted by Gasteiger charge is 2.30. The molecule has 2 aliphatic rings. The van der Waals surface area contributed by atoms with Crippen molar-refractivity contribution in [1.82, 2.24) is 30.2 Å². The Morgan fingerprint density at radius 1 is 1.33 bits per heavy atom. The number of aromatic nitrogens is 4. The lowest BCUT2D eigenvalue weighted by molar-refractivity contribution is 0.0535. The normalized spacial score (nSPS) is 20.4. The number of cyclic esters (lactones) is 1. The number of piperazine rings is 1. The Morgan fingerprint density at radius 3 is 2.97 bits per heavy atom. The standard InChI is InChI=1S/C23H24N8O2/c1-13-5-22(26-7-15(13)6-24)31-9-16(28-29-31)8-30-10-20(27-21(25)11-30)17-3-4-18-19(14(17)2)12-33-23(18)32/h3-5,7,9,20-21,27H,8,10-12,25H2,1-2H3/t20-,21+/m0/s1. The predicted octanol–water partition coefficient (Wildman–Crippen LogP) is 1.25. The Balaban J connectivity index is 1.33. The lowest BCUT2D eigenvalue weighted by Gasteiger charge is -2.38. The number of rotatable bonds is 4. The molecular weight excluding hydrogens is 420 g/mol. The minimum atomic E-state index is -0.260. The molecule has 0 saturated carbocycles. The minimum absolute atomic E-state index is 0.0210. The first-order valence-electron chi connectivity index (χ1n) is 10.7. The second-order valence-electron chi connectivity index (χ2n) is 8.53. The molecule has 1 aromatic carbocycles. The predicted molar refractivity (Wildman–Crippen MR) is 118 cm³/mol. The molecule has 33 heavy (non-hydrogen) atoms. The molecule has 0 radical (unpaired) electrons. The van der Waals surface area contributed by atoms with Gasteiger partial charge >= 0.3 is 5.97 Å². The second kappa shape index (κ2) is 8.37. The van der Waals surface area contributed by atoms with Crippen LogP contribution in [-0.2, 0) is 17.9 Å². The molecule has 4 heterocycles. The van der Waals surface area contributed by atoms with Crippen molar-refractivity contribution in [1.29, 1.82) is 5.26 Å². The highest BCUT2D eigenvalue weighted by Crippen LogP contribution is 2.30. The Morgan fingerprint density at radius 2 is 2.18 bits per heavy atom. The molecule has 1 fully saturated rings. The van der Waals surface area contributed by atoms with Crippen molar-refractivity contribution >= 4 is 5.97 Å². The summed E-state index contributed by atoms with van der Waals surface area (Å²) in [5, 5.41) is 21.1. The van der Waals surface area contributed by atoms with Crippen LogP contribution in [0, 0.1) is 25.2 Å². The van der Waals surface area contributed by atoms with E-state index in [2.05, 4.69) is 31.6 Å². The summed E-state index contributed by atoms with van der Waals surface area (Å²) in [5.41, 5.74) is 12.3. The quantitative estimate of drug-likeness (QED) is 0.570. The number of carbonyl (C=O) groups is 1. The molecule has 0 bridgehead atoms. The average molecular weight is 444 g/mol. The van der Waals surface area contributed by atoms with Crippen LogP contribution in [0.25, 0.3) is 5.82 Å². The number of nitrogens with zero attached hydrogens (tertiary/aromatic N) is 6. The van der Waals surface area contributed by atoms with Crippen molar-refractivity contribution in [3.05, 3.63) is 69.7 Å². The number of ether oxygens (including phenoxy) is 1. The molecule has 0 aliphatic carbocycles. The van der Waals surface area contributed by atoms with Gasteiger partial charge in [-0.1, -0.05) is 11.3 Å². The molecule has 0 unspecified atom stereocenters. The van der Waals surface area contributed by atoms with Crippen molar-refractivity contribution in [2.24, 2.45) is 5.73 Å². The monoisotopic (exact) mass is 444 g/mol. The molecule has 168 valence electrons. The molecule has 2 atom stereocenters. The number of carbonyl (C=O) groups excluding carboxylic acids is 1. The highest BCUT2D eigenvalue weighted by molar-refractivity contribution is 5.94. The van der Waals surface area contributed by atoms with E-state index >= 15 is 0 Å². The Hall–Kier alpha value is -3.65. The summed E-state index contributed by atoms with van der Waals surface area (Å²) in [4.78, 5) is 18.4. The van der Waals surface area contributed by atoms with Crippen LogP contribution in [0.2, 0.25) is 0 Å². The average Bonchev–Trinajstić information content (AvgIpc) is 3.41. The number of nitrogens with two attached hydrogens (primary N) is 1. The number of hydrogen-bond acceptors (Lipinski definition) is 9. The topological polar surface area (TPSA) is 135 Å². The van der Waals surface area contributed by atoms with E-state index in [9.17, 15) is 4.79 Å². The zero-order valence-electron chi connectivity index (χ0n) is 18.4. The second-order valence-corrected chi connectivity index (χ2v) is 8.53. The summed E-state index contributed by atoms with van der Waals surface area (Å²) in [7, 11) is 0. The lowest BCUT2D eigenvalue weighted by atomic mass is 9.93. The van der Waals surface area contributed by atoms with Gasteiger partial charge in [-0.15, -0.1) is 5.10 Å². The highest BCUT2D eigenvalue weighted by atomic mass is 16.5. The zero-order chi connectivity index (χ0) is 23.1. The molecule has 10 heteroatoms. The van der Waals surface area contributed by atoms with Crippen molar-refractivity contribution in [3.63, 3.8) is 0 Å². The number of nitriles is 1. The molecule has 0 spiro atoms. The van der Waals surface area contributed by atoms with Gasteiger partial charge in [0, 0.05) is 37.4 Å². The first-order chi connectivity index (χ1) is 15.9. The fourth-order valence-electron chi connectivity index (χ4n) is 4.53. The van der Waals surface area contributed by atoms with Gasteiger partial charge in [-0.25, -0.2) is 14.5 Å². The number of pyridine rings is 1. The molecule has 1 saturated heterocycles. The maximum absolute atomic E-state index is 11.9. The fourth-order valence-corrected chi connectivity index (χ4v) is 4.53. The van der Waals surface area contributed by atoms with E-state index < -0.39 is 0 Å². The van der Waals surface area contributed by atoms with Crippen molar-refractivity contribution in [2.45, 2.75) is 39.2 Å². The van der Waals surface area contributed by atoms with Crippen molar-refractivity contribution in [3.8, 4) is 11.9 Å². The van der Waals surface area contributed by atoms with Crippen LogP contribution in [-0.4, -0.2) is 50.1 Å². The van der Waals surface area contributed by atoms with E-state index in [0.717, 1.165) is 34.5 Å². The van der Waals surface area contributed by atoms with Crippen molar-refractivity contribution < 1.29 is 9.53 Å². The SMILES string of the molecule is Cc1cc(-n2cc(CN3C[C@@H](c4ccc5c(c4C)COC5=O)N[C@@H](N)C3)nn2)ncc1C#N. The fraction of sp³-hybridized carbons (Fsp3) is 0.348. The number of hydrogen-bond donors (Lipinski definition) is 2. The number of esters is 1. The van der Waals surface area contributed by atoms with Crippen LogP contribution in [0.5, 0.6) is 0 Å². The first-order valence-corrected chi connectivity index (χ1v) is 10.7. The molecule has 2 aromatic heterocycles. The van der Waals surface area contributed by atoms with Crippen LogP contribution < -0.4 is 11.1 Å².